The Bertz CT molecular complexity index is 1200. The number of amides is 1. The minimum absolute atomic E-state index is 0.247. The average Bonchev–Trinajstić information content (AvgIpc) is 3.47. The molecule has 0 atom stereocenters. The quantitative estimate of drug-likeness (QED) is 0.289. The summed E-state index contributed by atoms with van der Waals surface area (Å²) < 4.78 is 11.6. The van der Waals surface area contributed by atoms with Gasteiger partial charge in [0.1, 0.15) is 5.75 Å². The number of unbranched alkanes of at least 4 members (excludes halogenated alkanes) is 1. The molecule has 0 fully saturated rings. The highest BCUT2D eigenvalue weighted by Crippen LogP contribution is 2.29. The van der Waals surface area contributed by atoms with Crippen LogP contribution in [0.5, 0.6) is 5.75 Å². The summed E-state index contributed by atoms with van der Waals surface area (Å²) in [5, 5.41) is 21.3. The van der Waals surface area contributed by atoms with Crippen LogP contribution in [0.4, 0.5) is 5.69 Å². The van der Waals surface area contributed by atoms with E-state index in [4.69, 9.17) is 8.83 Å². The maximum absolute atomic E-state index is 12.9. The minimum atomic E-state index is -0.255. The molecule has 2 N–H and O–H groups in total. The van der Waals surface area contributed by atoms with E-state index in [9.17, 15) is 9.90 Å². The SMILES string of the molecule is CCCCc1cc(C(=O)Nc2cccc(-c3nnc(-c4ccco4)o3)c2)cc(I)c1O. The second kappa shape index (κ2) is 9.34. The molecule has 4 rings (SSSR count). The first-order valence-corrected chi connectivity index (χ1v) is 10.9. The molecular weight excluding hydrogens is 509 g/mol. The Morgan fingerprint density at radius 1 is 1.13 bits per heavy atom. The van der Waals surface area contributed by atoms with Crippen LogP contribution < -0.4 is 5.32 Å². The number of phenols is 1. The molecular formula is C23H20IN3O4. The molecule has 0 spiro atoms. The van der Waals surface area contributed by atoms with Crippen molar-refractivity contribution in [2.45, 2.75) is 26.2 Å². The van der Waals surface area contributed by atoms with Gasteiger partial charge >= 0.3 is 0 Å². The molecule has 7 nitrogen and oxygen atoms in total. The fourth-order valence-electron chi connectivity index (χ4n) is 3.12. The maximum atomic E-state index is 12.9. The number of aromatic nitrogens is 2. The van der Waals surface area contributed by atoms with Gasteiger partial charge < -0.3 is 19.3 Å². The molecule has 0 bridgehead atoms. The van der Waals surface area contributed by atoms with E-state index in [1.165, 1.54) is 6.26 Å². The lowest BCUT2D eigenvalue weighted by Gasteiger charge is -2.11. The molecule has 0 aliphatic rings. The number of halogens is 1. The van der Waals surface area contributed by atoms with E-state index >= 15 is 0 Å². The van der Waals surface area contributed by atoms with E-state index in [-0.39, 0.29) is 17.5 Å². The molecule has 2 aromatic carbocycles. The van der Waals surface area contributed by atoms with E-state index in [1.807, 2.05) is 28.7 Å². The fourth-order valence-corrected chi connectivity index (χ4v) is 3.80. The lowest BCUT2D eigenvalue weighted by atomic mass is 10.0. The van der Waals surface area contributed by atoms with Crippen LogP contribution in [-0.4, -0.2) is 21.2 Å². The molecule has 0 unspecified atom stereocenters. The first kappa shape index (κ1) is 21.1. The van der Waals surface area contributed by atoms with Gasteiger partial charge in [0.05, 0.1) is 9.83 Å². The number of carbonyl (C=O) groups is 1. The number of aryl methyl sites for hydroxylation is 1. The number of nitrogens with one attached hydrogen (secondary N) is 1. The van der Waals surface area contributed by atoms with Crippen molar-refractivity contribution in [1.29, 1.82) is 0 Å². The third-order valence-corrected chi connectivity index (χ3v) is 5.55. The summed E-state index contributed by atoms with van der Waals surface area (Å²) in [6.45, 7) is 2.09. The number of phenolic OH excluding ortho intramolecular Hbond substituents is 1. The summed E-state index contributed by atoms with van der Waals surface area (Å²) in [4.78, 5) is 12.9. The van der Waals surface area contributed by atoms with Crippen LogP contribution >= 0.6 is 22.6 Å². The lowest BCUT2D eigenvalue weighted by molar-refractivity contribution is 0.102. The highest BCUT2D eigenvalue weighted by atomic mass is 127. The number of hydrogen-bond acceptors (Lipinski definition) is 6. The zero-order valence-corrected chi connectivity index (χ0v) is 18.9. The van der Waals surface area contributed by atoms with Crippen molar-refractivity contribution in [3.05, 3.63) is 69.5 Å². The first-order valence-electron chi connectivity index (χ1n) is 9.85. The molecule has 0 saturated heterocycles. The van der Waals surface area contributed by atoms with E-state index in [1.54, 1.807) is 42.5 Å². The Morgan fingerprint density at radius 2 is 1.97 bits per heavy atom. The van der Waals surface area contributed by atoms with Gasteiger partial charge in [-0.1, -0.05) is 19.4 Å². The number of carbonyl (C=O) groups excluding carboxylic acids is 1. The lowest BCUT2D eigenvalue weighted by Crippen LogP contribution is -2.12. The Labute approximate surface area is 192 Å². The molecule has 31 heavy (non-hydrogen) atoms. The van der Waals surface area contributed by atoms with Crippen LogP contribution in [0.15, 0.2) is 63.6 Å². The number of rotatable bonds is 7. The normalized spacial score (nSPS) is 10.9. The predicted molar refractivity (Wildman–Crippen MR) is 125 cm³/mol. The Kier molecular flexibility index (Phi) is 6.36. The van der Waals surface area contributed by atoms with Crippen LogP contribution in [-0.2, 0) is 6.42 Å². The van der Waals surface area contributed by atoms with Crippen molar-refractivity contribution in [3.8, 4) is 28.9 Å². The summed E-state index contributed by atoms with van der Waals surface area (Å²) in [6.07, 6.45) is 4.22. The molecule has 158 valence electrons. The van der Waals surface area contributed by atoms with Gasteiger partial charge in [0.2, 0.25) is 5.89 Å². The molecule has 2 heterocycles. The van der Waals surface area contributed by atoms with Crippen molar-refractivity contribution in [3.63, 3.8) is 0 Å². The largest absolute Gasteiger partial charge is 0.507 e. The molecule has 4 aromatic rings. The van der Waals surface area contributed by atoms with Gasteiger partial charge in [-0.25, -0.2) is 0 Å². The van der Waals surface area contributed by atoms with Gasteiger partial charge in [-0.2, -0.15) is 0 Å². The van der Waals surface area contributed by atoms with Gasteiger partial charge in [-0.15, -0.1) is 10.2 Å². The van der Waals surface area contributed by atoms with Gasteiger partial charge in [0.15, 0.2) is 5.76 Å². The van der Waals surface area contributed by atoms with E-state index in [2.05, 4.69) is 22.4 Å². The smallest absolute Gasteiger partial charge is 0.283 e. The number of furan rings is 1. The Morgan fingerprint density at radius 3 is 2.74 bits per heavy atom. The second-order valence-electron chi connectivity index (χ2n) is 6.99. The van der Waals surface area contributed by atoms with Crippen LogP contribution in [0.25, 0.3) is 23.1 Å². The van der Waals surface area contributed by atoms with Crippen molar-refractivity contribution in [2.24, 2.45) is 0 Å². The summed E-state index contributed by atoms with van der Waals surface area (Å²) >= 11 is 2.05. The molecule has 0 radical (unpaired) electrons. The summed E-state index contributed by atoms with van der Waals surface area (Å²) in [5.74, 6) is 1.09. The number of nitrogens with zero attached hydrogens (tertiary/aromatic N) is 2. The van der Waals surface area contributed by atoms with Gasteiger partial charge in [0, 0.05) is 16.8 Å². The summed E-state index contributed by atoms with van der Waals surface area (Å²) in [7, 11) is 0. The van der Waals surface area contributed by atoms with E-state index < -0.39 is 0 Å². The third-order valence-electron chi connectivity index (χ3n) is 4.73. The molecule has 0 aliphatic carbocycles. The van der Waals surface area contributed by atoms with Crippen LogP contribution in [0.3, 0.4) is 0 Å². The summed E-state index contributed by atoms with van der Waals surface area (Å²) in [6, 6.07) is 14.1. The summed E-state index contributed by atoms with van der Waals surface area (Å²) in [5.41, 5.74) is 2.55. The number of hydrogen-bond donors (Lipinski definition) is 2. The molecule has 2 aromatic heterocycles. The topological polar surface area (TPSA) is 101 Å². The van der Waals surface area contributed by atoms with E-state index in [0.717, 1.165) is 24.8 Å². The number of anilines is 1. The van der Waals surface area contributed by atoms with Crippen LogP contribution in [0.2, 0.25) is 0 Å². The van der Waals surface area contributed by atoms with Crippen molar-refractivity contribution in [1.82, 2.24) is 10.2 Å². The number of aromatic hydroxyl groups is 1. The van der Waals surface area contributed by atoms with E-state index in [0.29, 0.717) is 32.0 Å². The van der Waals surface area contributed by atoms with Crippen molar-refractivity contribution < 1.29 is 18.7 Å². The Balaban J connectivity index is 1.54. The highest BCUT2D eigenvalue weighted by Gasteiger charge is 2.15. The standard InChI is InChI=1S/C23H20IN3O4/c1-2-3-6-14-11-16(13-18(24)20(14)28)21(29)25-17-8-4-7-15(12-17)22-26-27-23(31-22)19-9-5-10-30-19/h4-5,7-13,28H,2-3,6H2,1H3,(H,25,29). The van der Waals surface area contributed by atoms with Gasteiger partial charge in [-0.05, 0) is 83.5 Å². The third kappa shape index (κ3) is 4.79. The maximum Gasteiger partial charge on any atom is 0.283 e. The highest BCUT2D eigenvalue weighted by molar-refractivity contribution is 14.1. The van der Waals surface area contributed by atoms with Crippen LogP contribution in [0, 0.1) is 3.57 Å². The average molecular weight is 529 g/mol. The molecule has 1 amide bonds. The van der Waals surface area contributed by atoms with Gasteiger partial charge in [0.25, 0.3) is 11.8 Å². The number of benzene rings is 2. The molecule has 0 aliphatic heterocycles. The molecule has 0 saturated carbocycles. The first-order chi connectivity index (χ1) is 15.0. The molecule has 8 heteroatoms. The zero-order chi connectivity index (χ0) is 21.8. The fraction of sp³-hybridized carbons (Fsp3) is 0.174. The zero-order valence-electron chi connectivity index (χ0n) is 16.8. The second-order valence-corrected chi connectivity index (χ2v) is 8.16. The van der Waals surface area contributed by atoms with Crippen LogP contribution in [0.1, 0.15) is 35.7 Å². The predicted octanol–water partition coefficient (Wildman–Crippen LogP) is 5.90. The monoisotopic (exact) mass is 529 g/mol. The van der Waals surface area contributed by atoms with Gasteiger partial charge in [-0.3, -0.25) is 4.79 Å². The minimum Gasteiger partial charge on any atom is -0.507 e. The van der Waals surface area contributed by atoms with Crippen molar-refractivity contribution >= 4 is 34.2 Å². The van der Waals surface area contributed by atoms with Crippen molar-refractivity contribution in [2.75, 3.05) is 5.32 Å². The Hall–Kier alpha value is -3.14.